The van der Waals surface area contributed by atoms with Crippen LogP contribution in [0.5, 0.6) is 0 Å². The molecule has 0 radical (unpaired) electrons. The molecular formula is C15H24N2O. The van der Waals surface area contributed by atoms with Crippen LogP contribution in [0.15, 0.2) is 30.3 Å². The molecule has 0 saturated carbocycles. The lowest BCUT2D eigenvalue weighted by Gasteiger charge is -2.23. The number of hydrogen-bond acceptors (Lipinski definition) is 2. The first kappa shape index (κ1) is 14.7. The van der Waals surface area contributed by atoms with Gasteiger partial charge in [-0.15, -0.1) is 0 Å². The maximum Gasteiger partial charge on any atom is 0.239 e. The second-order valence-electron chi connectivity index (χ2n) is 4.64. The second-order valence-corrected chi connectivity index (χ2v) is 4.64. The van der Waals surface area contributed by atoms with Crippen LogP contribution in [0.25, 0.3) is 0 Å². The molecule has 0 bridgehead atoms. The normalized spacial score (nSPS) is 12.2. The van der Waals surface area contributed by atoms with Crippen molar-refractivity contribution in [1.29, 1.82) is 0 Å². The lowest BCUT2D eigenvalue weighted by molar-refractivity contribution is -0.132. The molecule has 0 aliphatic carbocycles. The molecule has 1 amide bonds. The van der Waals surface area contributed by atoms with E-state index in [4.69, 9.17) is 0 Å². The number of nitrogens with one attached hydrogen (secondary N) is 1. The highest BCUT2D eigenvalue weighted by Gasteiger charge is 2.20. The van der Waals surface area contributed by atoms with E-state index >= 15 is 0 Å². The molecule has 100 valence electrons. The highest BCUT2D eigenvalue weighted by atomic mass is 16.2. The Bertz CT molecular complexity index is 351. The summed E-state index contributed by atoms with van der Waals surface area (Å²) in [6, 6.07) is 10.00. The van der Waals surface area contributed by atoms with Gasteiger partial charge in [-0.05, 0) is 25.5 Å². The highest BCUT2D eigenvalue weighted by Crippen LogP contribution is 2.05. The molecule has 18 heavy (non-hydrogen) atoms. The average molecular weight is 248 g/mol. The van der Waals surface area contributed by atoms with Crippen molar-refractivity contribution in [2.75, 3.05) is 20.6 Å². The van der Waals surface area contributed by atoms with Crippen molar-refractivity contribution < 1.29 is 4.79 Å². The van der Waals surface area contributed by atoms with Crippen LogP contribution < -0.4 is 5.32 Å². The summed E-state index contributed by atoms with van der Waals surface area (Å²) in [7, 11) is 3.73. The third-order valence-electron chi connectivity index (χ3n) is 3.15. The zero-order valence-electron chi connectivity index (χ0n) is 11.6. The fourth-order valence-corrected chi connectivity index (χ4v) is 1.93. The van der Waals surface area contributed by atoms with E-state index in [0.29, 0.717) is 0 Å². The maximum absolute atomic E-state index is 12.2. The lowest BCUT2D eigenvalue weighted by Crippen LogP contribution is -2.45. The Balaban J connectivity index is 2.57. The van der Waals surface area contributed by atoms with Gasteiger partial charge in [0.25, 0.3) is 0 Å². The third-order valence-corrected chi connectivity index (χ3v) is 3.15. The van der Waals surface area contributed by atoms with Crippen LogP contribution in [0.1, 0.15) is 25.3 Å². The minimum Gasteiger partial charge on any atom is -0.344 e. The summed E-state index contributed by atoms with van der Waals surface area (Å²) in [5.41, 5.74) is 1.19. The average Bonchev–Trinajstić information content (AvgIpc) is 2.42. The third kappa shape index (κ3) is 4.49. The Hall–Kier alpha value is -1.35. The van der Waals surface area contributed by atoms with Gasteiger partial charge in [0.2, 0.25) is 5.91 Å². The smallest absolute Gasteiger partial charge is 0.239 e. The molecule has 3 heteroatoms. The molecule has 0 aliphatic rings. The predicted octanol–water partition coefficient (Wildman–Crippen LogP) is 2.08. The van der Waals surface area contributed by atoms with Crippen molar-refractivity contribution in [2.24, 2.45) is 0 Å². The van der Waals surface area contributed by atoms with Crippen LogP contribution in [0, 0.1) is 0 Å². The number of carbonyl (C=O) groups is 1. The van der Waals surface area contributed by atoms with Gasteiger partial charge in [-0.1, -0.05) is 43.7 Å². The Morgan fingerprint density at radius 2 is 2.00 bits per heavy atom. The molecule has 0 heterocycles. The summed E-state index contributed by atoms with van der Waals surface area (Å²) >= 11 is 0. The Labute approximate surface area is 110 Å². The van der Waals surface area contributed by atoms with E-state index < -0.39 is 0 Å². The van der Waals surface area contributed by atoms with Gasteiger partial charge in [0, 0.05) is 13.6 Å². The second kappa shape index (κ2) is 7.88. The van der Waals surface area contributed by atoms with Gasteiger partial charge in [0.05, 0.1) is 6.04 Å². The first-order valence-corrected chi connectivity index (χ1v) is 6.65. The molecule has 1 N–H and O–H groups in total. The van der Waals surface area contributed by atoms with E-state index in [2.05, 4.69) is 24.4 Å². The molecule has 1 aromatic rings. The zero-order valence-corrected chi connectivity index (χ0v) is 11.6. The number of likely N-dealkylation sites (N-methyl/N-ethyl adjacent to an activating group) is 2. The molecule has 0 aromatic heterocycles. The molecule has 0 fully saturated rings. The first-order chi connectivity index (χ1) is 8.69. The minimum absolute atomic E-state index is 0.130. The summed E-state index contributed by atoms with van der Waals surface area (Å²) in [4.78, 5) is 14.1. The predicted molar refractivity (Wildman–Crippen MR) is 75.5 cm³/mol. The Morgan fingerprint density at radius 1 is 1.33 bits per heavy atom. The molecule has 3 nitrogen and oxygen atoms in total. The molecular weight excluding hydrogens is 224 g/mol. The molecule has 1 atom stereocenters. The number of amides is 1. The van der Waals surface area contributed by atoms with Crippen LogP contribution in [0.3, 0.4) is 0 Å². The van der Waals surface area contributed by atoms with Gasteiger partial charge >= 0.3 is 0 Å². The summed E-state index contributed by atoms with van der Waals surface area (Å²) in [5.74, 6) is 0.176. The van der Waals surface area contributed by atoms with Gasteiger partial charge < -0.3 is 10.2 Å². The quantitative estimate of drug-likeness (QED) is 0.801. The Morgan fingerprint density at radius 3 is 2.56 bits per heavy atom. The Kier molecular flexibility index (Phi) is 6.44. The molecule has 0 aliphatic heterocycles. The van der Waals surface area contributed by atoms with Crippen molar-refractivity contribution in [3.8, 4) is 0 Å². The monoisotopic (exact) mass is 248 g/mol. The molecule has 1 rings (SSSR count). The van der Waals surface area contributed by atoms with Crippen LogP contribution in [-0.4, -0.2) is 37.5 Å². The first-order valence-electron chi connectivity index (χ1n) is 6.65. The van der Waals surface area contributed by atoms with Crippen molar-refractivity contribution in [3.63, 3.8) is 0 Å². The van der Waals surface area contributed by atoms with Gasteiger partial charge in [-0.3, -0.25) is 4.79 Å². The van der Waals surface area contributed by atoms with Crippen LogP contribution in [-0.2, 0) is 11.2 Å². The maximum atomic E-state index is 12.2. The van der Waals surface area contributed by atoms with Crippen molar-refractivity contribution in [2.45, 2.75) is 32.2 Å². The van der Waals surface area contributed by atoms with E-state index in [1.807, 2.05) is 37.2 Å². The van der Waals surface area contributed by atoms with Gasteiger partial charge in [-0.2, -0.15) is 0 Å². The minimum atomic E-state index is -0.130. The van der Waals surface area contributed by atoms with Crippen molar-refractivity contribution >= 4 is 5.91 Å². The fourth-order valence-electron chi connectivity index (χ4n) is 1.93. The SMILES string of the molecule is CCCCN(C)C(=O)[C@H](Cc1ccccc1)NC. The fraction of sp³-hybridized carbons (Fsp3) is 0.533. The number of benzene rings is 1. The molecule has 1 aromatic carbocycles. The number of unbranched alkanes of at least 4 members (excludes halogenated alkanes) is 1. The summed E-state index contributed by atoms with van der Waals surface area (Å²) in [5, 5.41) is 3.12. The van der Waals surface area contributed by atoms with Crippen LogP contribution in [0.2, 0.25) is 0 Å². The summed E-state index contributed by atoms with van der Waals surface area (Å²) < 4.78 is 0. The van der Waals surface area contributed by atoms with E-state index in [1.165, 1.54) is 5.56 Å². The van der Waals surface area contributed by atoms with E-state index in [0.717, 1.165) is 25.8 Å². The lowest BCUT2D eigenvalue weighted by atomic mass is 10.1. The topological polar surface area (TPSA) is 32.3 Å². The summed E-state index contributed by atoms with van der Waals surface area (Å²) in [6.45, 7) is 2.97. The number of carbonyl (C=O) groups excluding carboxylic acids is 1. The van der Waals surface area contributed by atoms with Gasteiger partial charge in [0.15, 0.2) is 0 Å². The molecule has 0 unspecified atom stereocenters. The number of nitrogens with zero attached hydrogens (tertiary/aromatic N) is 1. The highest BCUT2D eigenvalue weighted by molar-refractivity contribution is 5.82. The zero-order chi connectivity index (χ0) is 13.4. The van der Waals surface area contributed by atoms with Crippen LogP contribution in [0.4, 0.5) is 0 Å². The van der Waals surface area contributed by atoms with Crippen molar-refractivity contribution in [1.82, 2.24) is 10.2 Å². The summed E-state index contributed by atoms with van der Waals surface area (Å²) in [6.07, 6.45) is 2.91. The largest absolute Gasteiger partial charge is 0.344 e. The molecule has 0 spiro atoms. The van der Waals surface area contributed by atoms with Crippen LogP contribution >= 0.6 is 0 Å². The van der Waals surface area contributed by atoms with Gasteiger partial charge in [0.1, 0.15) is 0 Å². The van der Waals surface area contributed by atoms with Crippen molar-refractivity contribution in [3.05, 3.63) is 35.9 Å². The van der Waals surface area contributed by atoms with E-state index in [-0.39, 0.29) is 11.9 Å². The molecule has 0 saturated heterocycles. The van der Waals surface area contributed by atoms with E-state index in [1.54, 1.807) is 0 Å². The number of rotatable bonds is 7. The number of hydrogen-bond donors (Lipinski definition) is 1. The van der Waals surface area contributed by atoms with Gasteiger partial charge in [-0.25, -0.2) is 0 Å². The van der Waals surface area contributed by atoms with E-state index in [9.17, 15) is 4.79 Å². The standard InChI is InChI=1S/C15H24N2O/c1-4-5-11-17(3)15(18)14(16-2)12-13-9-7-6-8-10-13/h6-10,14,16H,4-5,11-12H2,1-3H3/t14-/m0/s1.